The molecule has 0 saturated carbocycles. The van der Waals surface area contributed by atoms with Crippen LogP contribution >= 0.6 is 23.2 Å². The monoisotopic (exact) mass is 363 g/mol. The minimum Gasteiger partial charge on any atom is -0.379 e. The van der Waals surface area contributed by atoms with Crippen LogP contribution in [-0.2, 0) is 9.47 Å². The van der Waals surface area contributed by atoms with Gasteiger partial charge in [0.2, 0.25) is 0 Å². The van der Waals surface area contributed by atoms with Gasteiger partial charge in [-0.25, -0.2) is 0 Å². The predicted octanol–water partition coefficient (Wildman–Crippen LogP) is 2.14. The van der Waals surface area contributed by atoms with Crippen LogP contribution in [0, 0.1) is 6.92 Å². The summed E-state index contributed by atoms with van der Waals surface area (Å²) in [5.41, 5.74) is 0.963. The summed E-state index contributed by atoms with van der Waals surface area (Å²) >= 11 is 12.1. The Kier molecular flexibility index (Phi) is 6.73. The van der Waals surface area contributed by atoms with Gasteiger partial charge in [0.25, 0.3) is 5.91 Å². The number of piperidine rings is 1. The van der Waals surface area contributed by atoms with Gasteiger partial charge in [0, 0.05) is 19.3 Å². The number of ether oxygens (including phenoxy) is 2. The highest BCUT2D eigenvalue weighted by atomic mass is 35.5. The van der Waals surface area contributed by atoms with Crippen LogP contribution in [0.3, 0.4) is 0 Å². The van der Waals surface area contributed by atoms with E-state index in [2.05, 4.69) is 15.6 Å². The molecule has 0 aromatic carbocycles. The number of rotatable bonds is 6. The van der Waals surface area contributed by atoms with Crippen LogP contribution in [-0.4, -0.2) is 55.9 Å². The van der Waals surface area contributed by atoms with Crippen molar-refractivity contribution in [3.63, 3.8) is 0 Å². The van der Waals surface area contributed by atoms with Crippen LogP contribution in [0.15, 0.2) is 0 Å². The Hall–Kier alpha value is -0.790. The molecule has 3 N–H and O–H groups in total. The number of amides is 1. The molecule has 1 aromatic rings. The number of aromatic nitrogens is 1. The van der Waals surface area contributed by atoms with Gasteiger partial charge in [-0.15, -0.1) is 0 Å². The SMILES string of the molecule is COC(C)COC1CNCCC1NC(=O)c1[nH]c(C)c(Cl)c1Cl. The van der Waals surface area contributed by atoms with Crippen LogP contribution in [0.25, 0.3) is 0 Å². The van der Waals surface area contributed by atoms with Gasteiger partial charge >= 0.3 is 0 Å². The molecule has 0 bridgehead atoms. The van der Waals surface area contributed by atoms with Gasteiger partial charge in [-0.05, 0) is 26.8 Å². The third-order valence-electron chi connectivity index (χ3n) is 3.97. The van der Waals surface area contributed by atoms with Crippen LogP contribution in [0.2, 0.25) is 10.0 Å². The van der Waals surface area contributed by atoms with Gasteiger partial charge in [-0.3, -0.25) is 4.79 Å². The van der Waals surface area contributed by atoms with Gasteiger partial charge in [0.1, 0.15) is 5.69 Å². The molecule has 0 spiro atoms. The minimum absolute atomic E-state index is 0.00702. The Morgan fingerprint density at radius 2 is 2.17 bits per heavy atom. The quantitative estimate of drug-likeness (QED) is 0.723. The first-order valence-corrected chi connectivity index (χ1v) is 8.39. The molecule has 2 rings (SSSR count). The maximum absolute atomic E-state index is 12.5. The Balaban J connectivity index is 2.00. The lowest BCUT2D eigenvalue weighted by Gasteiger charge is -2.33. The summed E-state index contributed by atoms with van der Waals surface area (Å²) in [6.45, 7) is 5.69. The highest BCUT2D eigenvalue weighted by Gasteiger charge is 2.29. The van der Waals surface area contributed by atoms with Crippen molar-refractivity contribution in [3.8, 4) is 0 Å². The lowest BCUT2D eigenvalue weighted by molar-refractivity contribution is -0.0384. The van der Waals surface area contributed by atoms with Gasteiger partial charge in [-0.2, -0.15) is 0 Å². The fourth-order valence-corrected chi connectivity index (χ4v) is 2.88. The molecule has 6 nitrogen and oxygen atoms in total. The largest absolute Gasteiger partial charge is 0.379 e. The molecule has 0 radical (unpaired) electrons. The van der Waals surface area contributed by atoms with Crippen molar-refractivity contribution in [2.75, 3.05) is 26.8 Å². The number of hydrogen-bond donors (Lipinski definition) is 3. The van der Waals surface area contributed by atoms with Crippen molar-refractivity contribution in [3.05, 3.63) is 21.4 Å². The number of aromatic amines is 1. The third kappa shape index (κ3) is 4.61. The molecule has 0 aliphatic carbocycles. The molecule has 1 fully saturated rings. The van der Waals surface area contributed by atoms with E-state index in [0.29, 0.717) is 23.9 Å². The van der Waals surface area contributed by atoms with E-state index < -0.39 is 0 Å². The standard InChI is InChI=1S/C15H23Cl2N3O3/c1-8(22-3)7-23-11-6-18-5-4-10(11)20-15(21)14-13(17)12(16)9(2)19-14/h8,10-11,18-19H,4-7H2,1-3H3,(H,20,21). The molecule has 3 atom stereocenters. The van der Waals surface area contributed by atoms with E-state index in [1.165, 1.54) is 0 Å². The first-order valence-electron chi connectivity index (χ1n) is 7.63. The highest BCUT2D eigenvalue weighted by Crippen LogP contribution is 2.29. The average Bonchev–Trinajstić information content (AvgIpc) is 2.81. The maximum Gasteiger partial charge on any atom is 0.269 e. The Labute approximate surface area is 146 Å². The normalized spacial score (nSPS) is 22.8. The topological polar surface area (TPSA) is 75.4 Å². The predicted molar refractivity (Wildman–Crippen MR) is 90.5 cm³/mol. The summed E-state index contributed by atoms with van der Waals surface area (Å²) in [6, 6.07) is -0.0914. The van der Waals surface area contributed by atoms with Crippen molar-refractivity contribution in [1.82, 2.24) is 15.6 Å². The molecule has 1 aliphatic heterocycles. The molecule has 1 saturated heterocycles. The number of H-pyrrole nitrogens is 1. The lowest BCUT2D eigenvalue weighted by atomic mass is 10.0. The second kappa shape index (κ2) is 8.35. The second-order valence-electron chi connectivity index (χ2n) is 5.74. The number of carbonyl (C=O) groups excluding carboxylic acids is 1. The van der Waals surface area contributed by atoms with Crippen molar-refractivity contribution >= 4 is 29.1 Å². The Morgan fingerprint density at radius 3 is 2.78 bits per heavy atom. The molecule has 2 heterocycles. The number of methoxy groups -OCH3 is 1. The van der Waals surface area contributed by atoms with E-state index in [1.54, 1.807) is 14.0 Å². The molecular formula is C15H23Cl2N3O3. The zero-order valence-electron chi connectivity index (χ0n) is 13.5. The first kappa shape index (κ1) is 18.5. The molecule has 1 aromatic heterocycles. The zero-order valence-corrected chi connectivity index (χ0v) is 15.1. The van der Waals surface area contributed by atoms with Crippen molar-refractivity contribution < 1.29 is 14.3 Å². The summed E-state index contributed by atoms with van der Waals surface area (Å²) < 4.78 is 11.1. The number of carbonyl (C=O) groups is 1. The molecule has 23 heavy (non-hydrogen) atoms. The summed E-state index contributed by atoms with van der Waals surface area (Å²) in [5.74, 6) is -0.273. The first-order chi connectivity index (χ1) is 10.9. The fraction of sp³-hybridized carbons (Fsp3) is 0.667. The number of nitrogens with one attached hydrogen (secondary N) is 3. The van der Waals surface area contributed by atoms with E-state index in [9.17, 15) is 4.79 Å². The van der Waals surface area contributed by atoms with E-state index in [0.717, 1.165) is 13.0 Å². The van der Waals surface area contributed by atoms with Crippen LogP contribution in [0.5, 0.6) is 0 Å². The molecular weight excluding hydrogens is 341 g/mol. The summed E-state index contributed by atoms with van der Waals surface area (Å²) in [7, 11) is 1.64. The molecule has 1 aliphatic rings. The van der Waals surface area contributed by atoms with Gasteiger partial charge < -0.3 is 25.1 Å². The summed E-state index contributed by atoms with van der Waals surface area (Å²) in [5, 5.41) is 6.89. The minimum atomic E-state index is -0.273. The third-order valence-corrected chi connectivity index (χ3v) is 4.92. The summed E-state index contributed by atoms with van der Waals surface area (Å²) in [6.07, 6.45) is 0.672. The average molecular weight is 364 g/mol. The fourth-order valence-electron chi connectivity index (χ4n) is 2.47. The molecule has 130 valence electrons. The van der Waals surface area contributed by atoms with Crippen molar-refractivity contribution in [2.24, 2.45) is 0 Å². The molecule has 3 unspecified atom stereocenters. The van der Waals surface area contributed by atoms with E-state index in [4.69, 9.17) is 32.7 Å². The van der Waals surface area contributed by atoms with Gasteiger partial charge in [0.15, 0.2) is 0 Å². The number of halogens is 2. The van der Waals surface area contributed by atoms with Crippen LogP contribution in [0.1, 0.15) is 29.5 Å². The van der Waals surface area contributed by atoms with Gasteiger partial charge in [-0.1, -0.05) is 23.2 Å². The Bertz CT molecular complexity index is 550. The van der Waals surface area contributed by atoms with Gasteiger partial charge in [0.05, 0.1) is 34.9 Å². The number of hydrogen-bond acceptors (Lipinski definition) is 4. The second-order valence-corrected chi connectivity index (χ2v) is 6.50. The maximum atomic E-state index is 12.5. The van der Waals surface area contributed by atoms with Crippen molar-refractivity contribution in [2.45, 2.75) is 38.5 Å². The smallest absolute Gasteiger partial charge is 0.269 e. The lowest BCUT2D eigenvalue weighted by Crippen LogP contribution is -2.54. The zero-order chi connectivity index (χ0) is 17.0. The Morgan fingerprint density at radius 1 is 1.43 bits per heavy atom. The van der Waals surface area contributed by atoms with Crippen LogP contribution in [0.4, 0.5) is 0 Å². The molecule has 8 heteroatoms. The van der Waals surface area contributed by atoms with E-state index in [-0.39, 0.29) is 34.9 Å². The van der Waals surface area contributed by atoms with Crippen LogP contribution < -0.4 is 10.6 Å². The van der Waals surface area contributed by atoms with E-state index in [1.807, 2.05) is 6.92 Å². The summed E-state index contributed by atoms with van der Waals surface area (Å²) in [4.78, 5) is 15.4. The number of aryl methyl sites for hydroxylation is 1. The van der Waals surface area contributed by atoms with E-state index >= 15 is 0 Å². The van der Waals surface area contributed by atoms with Crippen molar-refractivity contribution in [1.29, 1.82) is 0 Å². The highest BCUT2D eigenvalue weighted by molar-refractivity contribution is 6.44. The molecule has 1 amide bonds.